The highest BCUT2D eigenvalue weighted by molar-refractivity contribution is 7.80. The van der Waals surface area contributed by atoms with Gasteiger partial charge in [-0.15, -0.1) is 0 Å². The minimum Gasteiger partial charge on any atom is -0.373 e. The topological polar surface area (TPSA) is 27.7 Å². The molecule has 0 aromatic rings. The molecular weight excluding hydrogens is 276 g/mol. The van der Waals surface area contributed by atoms with E-state index in [0.29, 0.717) is 19.8 Å². The van der Waals surface area contributed by atoms with Gasteiger partial charge in [0.2, 0.25) is 0 Å². The van der Waals surface area contributed by atoms with Gasteiger partial charge in [-0.3, -0.25) is 0 Å². The Morgan fingerprint density at radius 1 is 1.05 bits per heavy atom. The predicted octanol–water partition coefficient (Wildman–Crippen LogP) is 3.47. The smallest absolute Gasteiger partial charge is 0.373 e. The van der Waals surface area contributed by atoms with Crippen LogP contribution in [0.25, 0.3) is 0 Å². The van der Waals surface area contributed by atoms with Crippen LogP contribution in [0.3, 0.4) is 0 Å². The van der Waals surface area contributed by atoms with Crippen LogP contribution >= 0.6 is 12.6 Å². The van der Waals surface area contributed by atoms with Gasteiger partial charge in [0, 0.05) is 25.2 Å². The van der Waals surface area contributed by atoms with E-state index in [9.17, 15) is 0 Å². The molecule has 0 aromatic carbocycles. The first-order valence-corrected chi connectivity index (χ1v) is 9.40. The Bertz CT molecular complexity index is 316. The molecule has 0 saturated carbocycles. The summed E-state index contributed by atoms with van der Waals surface area (Å²) in [7, 11) is -2.74. The van der Waals surface area contributed by atoms with E-state index >= 15 is 0 Å². The van der Waals surface area contributed by atoms with Crippen LogP contribution in [0, 0.1) is 5.41 Å². The number of thiol groups is 1. The Morgan fingerprint density at radius 3 is 2.00 bits per heavy atom. The summed E-state index contributed by atoms with van der Waals surface area (Å²) < 4.78 is 18.1. The van der Waals surface area contributed by atoms with Gasteiger partial charge in [0.25, 0.3) is 0 Å². The Balaban J connectivity index is 3.13. The zero-order valence-electron chi connectivity index (χ0n) is 12.4. The van der Waals surface area contributed by atoms with Gasteiger partial charge in [-0.2, -0.15) is 12.6 Å². The molecule has 0 heterocycles. The van der Waals surface area contributed by atoms with Crippen LogP contribution in [0.2, 0.25) is 5.54 Å². The lowest BCUT2D eigenvalue weighted by Crippen LogP contribution is -2.54. The summed E-state index contributed by atoms with van der Waals surface area (Å²) in [5.74, 6) is 0.737. The van der Waals surface area contributed by atoms with E-state index in [4.69, 9.17) is 13.3 Å². The second kappa shape index (κ2) is 7.64. The number of hydrogen-bond acceptors (Lipinski definition) is 4. The van der Waals surface area contributed by atoms with E-state index in [0.717, 1.165) is 5.75 Å². The molecule has 19 heavy (non-hydrogen) atoms. The molecule has 3 nitrogen and oxygen atoms in total. The van der Waals surface area contributed by atoms with Crippen molar-refractivity contribution < 1.29 is 13.3 Å². The van der Waals surface area contributed by atoms with Gasteiger partial charge in [0.15, 0.2) is 0 Å². The van der Waals surface area contributed by atoms with Crippen LogP contribution in [0.1, 0.15) is 27.7 Å². The summed E-state index contributed by atoms with van der Waals surface area (Å²) in [6.45, 7) is 9.94. The molecule has 0 bridgehead atoms. The maximum atomic E-state index is 6.02. The first kappa shape index (κ1) is 17.0. The Labute approximate surface area is 123 Å². The van der Waals surface area contributed by atoms with Crippen LogP contribution in [0.4, 0.5) is 0 Å². The molecule has 2 atom stereocenters. The van der Waals surface area contributed by atoms with E-state index < -0.39 is 8.80 Å². The summed E-state index contributed by atoms with van der Waals surface area (Å²) >= 11 is 4.52. The number of hydrogen-bond donors (Lipinski definition) is 1. The summed E-state index contributed by atoms with van der Waals surface area (Å²) in [6.07, 6.45) is 8.46. The molecule has 0 aromatic heterocycles. The Kier molecular flexibility index (Phi) is 6.83. The maximum absolute atomic E-state index is 6.02. The van der Waals surface area contributed by atoms with E-state index in [2.05, 4.69) is 43.9 Å². The first-order valence-electron chi connectivity index (χ1n) is 6.97. The molecule has 1 aliphatic carbocycles. The van der Waals surface area contributed by atoms with Crippen molar-refractivity contribution in [3.63, 3.8) is 0 Å². The third-order valence-corrected chi connectivity index (χ3v) is 7.73. The number of allylic oxidation sites excluding steroid dienone is 4. The summed E-state index contributed by atoms with van der Waals surface area (Å²) in [4.78, 5) is 0. The SMILES string of the molecule is CCO[Si](OCC)(OCC)C1C=CC=CC1(C)CS. The maximum Gasteiger partial charge on any atom is 0.509 e. The van der Waals surface area contributed by atoms with Gasteiger partial charge in [0.1, 0.15) is 0 Å². The normalized spacial score (nSPS) is 26.9. The largest absolute Gasteiger partial charge is 0.509 e. The van der Waals surface area contributed by atoms with Crippen LogP contribution < -0.4 is 0 Å². The van der Waals surface area contributed by atoms with Gasteiger partial charge in [-0.05, 0) is 26.5 Å². The van der Waals surface area contributed by atoms with E-state index in [1.807, 2.05) is 20.8 Å². The molecule has 1 rings (SSSR count). The first-order chi connectivity index (χ1) is 9.08. The molecule has 0 N–H and O–H groups in total. The second-order valence-electron chi connectivity index (χ2n) is 4.79. The molecule has 0 fully saturated rings. The highest BCUT2D eigenvalue weighted by Gasteiger charge is 2.55. The predicted molar refractivity (Wildman–Crippen MR) is 84.6 cm³/mol. The molecule has 1 aliphatic rings. The highest BCUT2D eigenvalue weighted by atomic mass is 32.1. The standard InChI is InChI=1S/C14H26O3SSi/c1-5-15-19(16-6-2,17-7-3)13-10-8-9-11-14(13,4)12-18/h8-11,13,18H,5-7,12H2,1-4H3. The average molecular weight is 303 g/mol. The minimum atomic E-state index is -2.74. The molecule has 0 aliphatic heterocycles. The van der Waals surface area contributed by atoms with Crippen molar-refractivity contribution in [2.45, 2.75) is 33.2 Å². The minimum absolute atomic E-state index is 0.0937. The quantitative estimate of drug-likeness (QED) is 0.549. The molecule has 0 amide bonds. The van der Waals surface area contributed by atoms with Gasteiger partial charge in [0.05, 0.1) is 5.54 Å². The fourth-order valence-corrected chi connectivity index (χ4v) is 6.27. The monoisotopic (exact) mass is 302 g/mol. The van der Waals surface area contributed by atoms with Gasteiger partial charge in [-0.25, -0.2) is 0 Å². The summed E-state index contributed by atoms with van der Waals surface area (Å²) in [5, 5.41) is 0. The van der Waals surface area contributed by atoms with Crippen molar-refractivity contribution in [3.05, 3.63) is 24.3 Å². The lowest BCUT2D eigenvalue weighted by atomic mass is 9.85. The van der Waals surface area contributed by atoms with Crippen LogP contribution in [-0.4, -0.2) is 34.4 Å². The molecule has 5 heteroatoms. The summed E-state index contributed by atoms with van der Waals surface area (Å²) in [5.41, 5.74) is 0.0196. The van der Waals surface area contributed by atoms with Crippen LogP contribution in [-0.2, 0) is 13.3 Å². The van der Waals surface area contributed by atoms with Crippen molar-refractivity contribution >= 4 is 21.4 Å². The zero-order chi connectivity index (χ0) is 14.4. The lowest BCUT2D eigenvalue weighted by molar-refractivity contribution is 0.0562. The summed E-state index contributed by atoms with van der Waals surface area (Å²) in [6, 6.07) is 0. The highest BCUT2D eigenvalue weighted by Crippen LogP contribution is 2.46. The van der Waals surface area contributed by atoms with Crippen LogP contribution in [0.15, 0.2) is 24.3 Å². The van der Waals surface area contributed by atoms with Crippen molar-refractivity contribution in [1.82, 2.24) is 0 Å². The van der Waals surface area contributed by atoms with Gasteiger partial charge >= 0.3 is 8.80 Å². The number of rotatable bonds is 8. The zero-order valence-corrected chi connectivity index (χ0v) is 14.3. The third-order valence-electron chi connectivity index (χ3n) is 3.36. The fourth-order valence-electron chi connectivity index (χ4n) is 2.44. The Morgan fingerprint density at radius 2 is 1.58 bits per heavy atom. The van der Waals surface area contributed by atoms with E-state index in [1.165, 1.54) is 0 Å². The van der Waals surface area contributed by atoms with Crippen molar-refractivity contribution in [2.75, 3.05) is 25.6 Å². The average Bonchev–Trinajstić information content (AvgIpc) is 2.40. The van der Waals surface area contributed by atoms with Crippen molar-refractivity contribution in [2.24, 2.45) is 5.41 Å². The van der Waals surface area contributed by atoms with E-state index in [1.54, 1.807) is 0 Å². The van der Waals surface area contributed by atoms with Gasteiger partial charge in [-0.1, -0.05) is 31.2 Å². The molecule has 0 radical (unpaired) electrons. The molecule has 0 spiro atoms. The molecular formula is C14H26O3SSi. The molecule has 110 valence electrons. The van der Waals surface area contributed by atoms with Crippen LogP contribution in [0.5, 0.6) is 0 Å². The van der Waals surface area contributed by atoms with Gasteiger partial charge < -0.3 is 13.3 Å². The van der Waals surface area contributed by atoms with Crippen molar-refractivity contribution in [1.29, 1.82) is 0 Å². The lowest BCUT2D eigenvalue weighted by Gasteiger charge is -2.43. The molecule has 2 unspecified atom stereocenters. The second-order valence-corrected chi connectivity index (χ2v) is 7.80. The van der Waals surface area contributed by atoms with Crippen molar-refractivity contribution in [3.8, 4) is 0 Å². The Hall–Kier alpha value is -0.0731. The fraction of sp³-hybridized carbons (Fsp3) is 0.714. The third kappa shape index (κ3) is 3.73. The molecule has 0 saturated heterocycles. The van der Waals surface area contributed by atoms with E-state index in [-0.39, 0.29) is 11.0 Å².